The predicted molar refractivity (Wildman–Crippen MR) is 74.5 cm³/mol. The van der Waals surface area contributed by atoms with E-state index >= 15 is 0 Å². The fourth-order valence-electron chi connectivity index (χ4n) is 1.72. The first kappa shape index (κ1) is 13.4. The van der Waals surface area contributed by atoms with Crippen LogP contribution >= 0.6 is 0 Å². The summed E-state index contributed by atoms with van der Waals surface area (Å²) in [7, 11) is 0. The summed E-state index contributed by atoms with van der Waals surface area (Å²) < 4.78 is 11.1. The Morgan fingerprint density at radius 1 is 1.16 bits per heavy atom. The zero-order valence-electron chi connectivity index (χ0n) is 11.2. The second kappa shape index (κ2) is 6.20. The van der Waals surface area contributed by atoms with E-state index in [1.54, 1.807) is 6.20 Å². The van der Waals surface area contributed by atoms with E-state index in [0.717, 1.165) is 11.3 Å². The van der Waals surface area contributed by atoms with Crippen LogP contribution in [0.1, 0.15) is 25.5 Å². The van der Waals surface area contributed by atoms with Gasteiger partial charge in [-0.2, -0.15) is 0 Å². The number of aromatic nitrogens is 1. The lowest BCUT2D eigenvalue weighted by Gasteiger charge is -2.12. The summed E-state index contributed by atoms with van der Waals surface area (Å²) in [6, 6.07) is 11.1. The van der Waals surface area contributed by atoms with E-state index in [1.165, 1.54) is 0 Å². The van der Waals surface area contributed by atoms with Crippen LogP contribution < -0.4 is 15.2 Å². The molecule has 0 bridgehead atoms. The molecule has 0 aliphatic carbocycles. The molecule has 1 unspecified atom stereocenters. The Morgan fingerprint density at radius 3 is 2.47 bits per heavy atom. The molecule has 0 spiro atoms. The molecular weight excluding hydrogens is 240 g/mol. The minimum atomic E-state index is -0.119. The zero-order chi connectivity index (χ0) is 13.7. The standard InChI is InChI=1S/C15H18N2O2/c1-3-18-12-6-8-13(9-7-12)19-15-14(11(2)16)5-4-10-17-15/h4-11H,3,16H2,1-2H3. The molecule has 0 saturated heterocycles. The van der Waals surface area contributed by atoms with Gasteiger partial charge in [0.25, 0.3) is 0 Å². The summed E-state index contributed by atoms with van der Waals surface area (Å²) in [6.45, 7) is 4.50. The maximum absolute atomic E-state index is 5.89. The normalized spacial score (nSPS) is 11.9. The zero-order valence-corrected chi connectivity index (χ0v) is 11.2. The van der Waals surface area contributed by atoms with Gasteiger partial charge in [-0.1, -0.05) is 6.07 Å². The van der Waals surface area contributed by atoms with Crippen molar-refractivity contribution in [2.45, 2.75) is 19.9 Å². The molecule has 1 heterocycles. The average molecular weight is 258 g/mol. The number of benzene rings is 1. The highest BCUT2D eigenvalue weighted by molar-refractivity contribution is 5.36. The van der Waals surface area contributed by atoms with Gasteiger partial charge >= 0.3 is 0 Å². The van der Waals surface area contributed by atoms with Gasteiger partial charge in [0.05, 0.1) is 6.61 Å². The van der Waals surface area contributed by atoms with Crippen molar-refractivity contribution in [1.29, 1.82) is 0 Å². The third-order valence-electron chi connectivity index (χ3n) is 2.64. The Balaban J connectivity index is 2.17. The van der Waals surface area contributed by atoms with Crippen molar-refractivity contribution >= 4 is 0 Å². The van der Waals surface area contributed by atoms with Crippen molar-refractivity contribution in [3.05, 3.63) is 48.2 Å². The molecule has 2 N–H and O–H groups in total. The van der Waals surface area contributed by atoms with Crippen molar-refractivity contribution in [2.75, 3.05) is 6.61 Å². The number of nitrogens with zero attached hydrogens (tertiary/aromatic N) is 1. The van der Waals surface area contributed by atoms with Crippen LogP contribution in [0.3, 0.4) is 0 Å². The van der Waals surface area contributed by atoms with Gasteiger partial charge in [-0.25, -0.2) is 4.98 Å². The molecule has 19 heavy (non-hydrogen) atoms. The molecule has 100 valence electrons. The van der Waals surface area contributed by atoms with Crippen LogP contribution in [0.5, 0.6) is 17.4 Å². The first-order valence-electron chi connectivity index (χ1n) is 6.32. The summed E-state index contributed by atoms with van der Waals surface area (Å²) in [6.07, 6.45) is 1.69. The fraction of sp³-hybridized carbons (Fsp3) is 0.267. The molecular formula is C15H18N2O2. The number of hydrogen-bond donors (Lipinski definition) is 1. The number of rotatable bonds is 5. The predicted octanol–water partition coefficient (Wildman–Crippen LogP) is 3.29. The molecule has 1 aromatic heterocycles. The van der Waals surface area contributed by atoms with Crippen molar-refractivity contribution in [2.24, 2.45) is 5.73 Å². The van der Waals surface area contributed by atoms with Gasteiger partial charge in [-0.05, 0) is 44.2 Å². The fourth-order valence-corrected chi connectivity index (χ4v) is 1.72. The monoisotopic (exact) mass is 258 g/mol. The van der Waals surface area contributed by atoms with Gasteiger partial charge in [0.15, 0.2) is 0 Å². The van der Waals surface area contributed by atoms with Crippen LogP contribution in [0.2, 0.25) is 0 Å². The van der Waals surface area contributed by atoms with Crippen LogP contribution in [0.4, 0.5) is 0 Å². The van der Waals surface area contributed by atoms with Crippen molar-refractivity contribution < 1.29 is 9.47 Å². The van der Waals surface area contributed by atoms with E-state index < -0.39 is 0 Å². The van der Waals surface area contributed by atoms with Crippen LogP contribution in [0.25, 0.3) is 0 Å². The molecule has 1 aromatic carbocycles. The largest absolute Gasteiger partial charge is 0.494 e. The molecule has 4 nitrogen and oxygen atoms in total. The quantitative estimate of drug-likeness (QED) is 0.894. The van der Waals surface area contributed by atoms with Gasteiger partial charge in [0, 0.05) is 17.8 Å². The number of nitrogens with two attached hydrogens (primary N) is 1. The molecule has 1 atom stereocenters. The van der Waals surface area contributed by atoms with Crippen molar-refractivity contribution in [3.63, 3.8) is 0 Å². The third-order valence-corrected chi connectivity index (χ3v) is 2.64. The molecule has 0 saturated carbocycles. The Labute approximate surface area is 113 Å². The third kappa shape index (κ3) is 3.45. The molecule has 0 fully saturated rings. The van der Waals surface area contributed by atoms with Gasteiger partial charge in [0.1, 0.15) is 11.5 Å². The first-order valence-corrected chi connectivity index (χ1v) is 6.32. The van der Waals surface area contributed by atoms with Gasteiger partial charge in [0.2, 0.25) is 5.88 Å². The second-order valence-electron chi connectivity index (χ2n) is 4.19. The lowest BCUT2D eigenvalue weighted by atomic mass is 10.1. The summed E-state index contributed by atoms with van der Waals surface area (Å²) >= 11 is 0. The molecule has 2 aromatic rings. The van der Waals surface area contributed by atoms with E-state index in [2.05, 4.69) is 4.98 Å². The second-order valence-corrected chi connectivity index (χ2v) is 4.19. The van der Waals surface area contributed by atoms with E-state index in [4.69, 9.17) is 15.2 Å². The minimum Gasteiger partial charge on any atom is -0.494 e. The summed E-state index contributed by atoms with van der Waals surface area (Å²) in [5, 5.41) is 0. The van der Waals surface area contributed by atoms with E-state index in [-0.39, 0.29) is 6.04 Å². The van der Waals surface area contributed by atoms with Crippen LogP contribution in [-0.4, -0.2) is 11.6 Å². The summed E-state index contributed by atoms with van der Waals surface area (Å²) in [4.78, 5) is 4.22. The summed E-state index contributed by atoms with van der Waals surface area (Å²) in [5.74, 6) is 2.08. The maximum atomic E-state index is 5.89. The van der Waals surface area contributed by atoms with Gasteiger partial charge < -0.3 is 15.2 Å². The molecule has 0 radical (unpaired) electrons. The molecule has 0 aliphatic heterocycles. The van der Waals surface area contributed by atoms with Crippen molar-refractivity contribution in [1.82, 2.24) is 4.98 Å². The lowest BCUT2D eigenvalue weighted by molar-refractivity contribution is 0.339. The highest BCUT2D eigenvalue weighted by atomic mass is 16.5. The Morgan fingerprint density at radius 2 is 1.84 bits per heavy atom. The Kier molecular flexibility index (Phi) is 4.36. The smallest absolute Gasteiger partial charge is 0.223 e. The number of ether oxygens (including phenoxy) is 2. The molecule has 2 rings (SSSR count). The SMILES string of the molecule is CCOc1ccc(Oc2ncccc2C(C)N)cc1. The highest BCUT2D eigenvalue weighted by Gasteiger charge is 2.09. The first-order chi connectivity index (χ1) is 9.20. The number of hydrogen-bond acceptors (Lipinski definition) is 4. The van der Waals surface area contributed by atoms with Gasteiger partial charge in [-0.3, -0.25) is 0 Å². The van der Waals surface area contributed by atoms with Gasteiger partial charge in [-0.15, -0.1) is 0 Å². The van der Waals surface area contributed by atoms with Crippen LogP contribution in [0, 0.1) is 0 Å². The maximum Gasteiger partial charge on any atom is 0.223 e. The topological polar surface area (TPSA) is 57.4 Å². The molecule has 0 amide bonds. The van der Waals surface area contributed by atoms with E-state index in [1.807, 2.05) is 50.2 Å². The minimum absolute atomic E-state index is 0.119. The van der Waals surface area contributed by atoms with Crippen LogP contribution in [0.15, 0.2) is 42.6 Å². The Bertz CT molecular complexity index is 524. The highest BCUT2D eigenvalue weighted by Crippen LogP contribution is 2.27. The lowest BCUT2D eigenvalue weighted by Crippen LogP contribution is -2.07. The molecule has 4 heteroatoms. The Hall–Kier alpha value is -2.07. The number of pyridine rings is 1. The van der Waals surface area contributed by atoms with E-state index in [0.29, 0.717) is 18.2 Å². The van der Waals surface area contributed by atoms with Crippen molar-refractivity contribution in [3.8, 4) is 17.4 Å². The van der Waals surface area contributed by atoms with Crippen LogP contribution in [-0.2, 0) is 0 Å². The summed E-state index contributed by atoms with van der Waals surface area (Å²) in [5.41, 5.74) is 6.78. The van der Waals surface area contributed by atoms with E-state index in [9.17, 15) is 0 Å². The molecule has 0 aliphatic rings. The average Bonchev–Trinajstić information content (AvgIpc) is 2.42.